The zero-order valence-corrected chi connectivity index (χ0v) is 17.9. The van der Waals surface area contributed by atoms with Crippen molar-refractivity contribution in [1.82, 2.24) is 10.3 Å². The Hall–Kier alpha value is -2.28. The SMILES string of the molecule is CCNC(=NCc1nc(C(C)(C)C)cs1)Nc1ccc(OCC)c(OC)c1. The highest BCUT2D eigenvalue weighted by Gasteiger charge is 2.17. The lowest BCUT2D eigenvalue weighted by atomic mass is 9.93. The third kappa shape index (κ3) is 6.13. The Kier molecular flexibility index (Phi) is 7.47. The molecule has 0 unspecified atom stereocenters. The zero-order valence-electron chi connectivity index (χ0n) is 17.0. The number of methoxy groups -OCH3 is 1. The van der Waals surface area contributed by atoms with Gasteiger partial charge in [-0.3, -0.25) is 0 Å². The molecular formula is C20H30N4O2S. The van der Waals surface area contributed by atoms with E-state index in [0.717, 1.165) is 28.7 Å². The first kappa shape index (κ1) is 21.0. The second-order valence-electron chi connectivity index (χ2n) is 7.00. The van der Waals surface area contributed by atoms with Crippen molar-refractivity contribution in [2.45, 2.75) is 46.6 Å². The average molecular weight is 391 g/mol. The molecule has 27 heavy (non-hydrogen) atoms. The highest BCUT2D eigenvalue weighted by Crippen LogP contribution is 2.30. The van der Waals surface area contributed by atoms with Gasteiger partial charge in [0, 0.05) is 29.1 Å². The van der Waals surface area contributed by atoms with Gasteiger partial charge >= 0.3 is 0 Å². The standard InChI is InChI=1S/C20H30N4O2S/c1-7-21-19(22-12-18-24-17(13-27-18)20(3,4)5)23-14-9-10-15(26-8-2)16(11-14)25-6/h9-11,13H,7-8,12H2,1-6H3,(H2,21,22,23). The predicted molar refractivity (Wildman–Crippen MR) is 113 cm³/mol. The minimum atomic E-state index is 0.0556. The van der Waals surface area contributed by atoms with E-state index in [-0.39, 0.29) is 5.41 Å². The molecule has 0 saturated heterocycles. The number of nitrogens with one attached hydrogen (secondary N) is 2. The first-order chi connectivity index (χ1) is 12.9. The molecule has 0 aliphatic rings. The minimum absolute atomic E-state index is 0.0556. The summed E-state index contributed by atoms with van der Waals surface area (Å²) in [5.74, 6) is 2.12. The van der Waals surface area contributed by atoms with Gasteiger partial charge in [-0.15, -0.1) is 11.3 Å². The first-order valence-corrected chi connectivity index (χ1v) is 10.1. The number of hydrogen-bond acceptors (Lipinski definition) is 5. The lowest BCUT2D eigenvalue weighted by Crippen LogP contribution is -2.30. The number of benzene rings is 1. The average Bonchev–Trinajstić information content (AvgIpc) is 3.11. The molecule has 1 aromatic carbocycles. The van der Waals surface area contributed by atoms with Gasteiger partial charge in [0.1, 0.15) is 5.01 Å². The maximum absolute atomic E-state index is 5.56. The maximum Gasteiger partial charge on any atom is 0.196 e. The van der Waals surface area contributed by atoms with Gasteiger partial charge in [0.25, 0.3) is 0 Å². The van der Waals surface area contributed by atoms with Crippen LogP contribution in [0, 0.1) is 0 Å². The molecule has 0 saturated carbocycles. The van der Waals surface area contributed by atoms with Crippen LogP contribution >= 0.6 is 11.3 Å². The Morgan fingerprint density at radius 2 is 2.00 bits per heavy atom. The van der Waals surface area contributed by atoms with Gasteiger partial charge in [0.05, 0.1) is 26.0 Å². The topological polar surface area (TPSA) is 67.8 Å². The third-order valence-corrected chi connectivity index (χ3v) is 4.60. The quantitative estimate of drug-likeness (QED) is 0.541. The molecule has 0 atom stereocenters. The van der Waals surface area contributed by atoms with Crippen LogP contribution in [0.25, 0.3) is 0 Å². The van der Waals surface area contributed by atoms with Gasteiger partial charge in [-0.2, -0.15) is 0 Å². The summed E-state index contributed by atoms with van der Waals surface area (Å²) < 4.78 is 11.0. The van der Waals surface area contributed by atoms with Gasteiger partial charge in [-0.1, -0.05) is 20.8 Å². The number of aromatic nitrogens is 1. The number of nitrogens with zero attached hydrogens (tertiary/aromatic N) is 2. The van der Waals surface area contributed by atoms with Crippen LogP contribution in [0.3, 0.4) is 0 Å². The van der Waals surface area contributed by atoms with Crippen molar-refractivity contribution in [3.63, 3.8) is 0 Å². The fraction of sp³-hybridized carbons (Fsp3) is 0.500. The molecule has 0 fully saturated rings. The summed E-state index contributed by atoms with van der Waals surface area (Å²) >= 11 is 1.65. The number of hydrogen-bond donors (Lipinski definition) is 2. The number of rotatable bonds is 7. The van der Waals surface area contributed by atoms with E-state index < -0.39 is 0 Å². The van der Waals surface area contributed by atoms with Crippen molar-refractivity contribution >= 4 is 23.0 Å². The van der Waals surface area contributed by atoms with Crippen LogP contribution in [-0.4, -0.2) is 31.2 Å². The molecule has 2 N–H and O–H groups in total. The van der Waals surface area contributed by atoms with Gasteiger partial charge < -0.3 is 20.1 Å². The van der Waals surface area contributed by atoms with Gasteiger partial charge in [0.15, 0.2) is 17.5 Å². The largest absolute Gasteiger partial charge is 0.493 e. The van der Waals surface area contributed by atoms with Gasteiger partial charge in [-0.25, -0.2) is 9.98 Å². The van der Waals surface area contributed by atoms with Crippen molar-refractivity contribution in [2.75, 3.05) is 25.6 Å². The summed E-state index contributed by atoms with van der Waals surface area (Å²) in [4.78, 5) is 9.36. The van der Waals surface area contributed by atoms with Gasteiger partial charge in [-0.05, 0) is 26.0 Å². The highest BCUT2D eigenvalue weighted by molar-refractivity contribution is 7.09. The Balaban J connectivity index is 2.12. The number of anilines is 1. The maximum atomic E-state index is 5.56. The second kappa shape index (κ2) is 9.60. The van der Waals surface area contributed by atoms with E-state index >= 15 is 0 Å². The van der Waals surface area contributed by atoms with E-state index in [1.165, 1.54) is 0 Å². The van der Waals surface area contributed by atoms with E-state index in [2.05, 4.69) is 41.8 Å². The molecule has 0 bridgehead atoms. The van der Waals surface area contributed by atoms with E-state index in [4.69, 9.17) is 14.5 Å². The summed E-state index contributed by atoms with van der Waals surface area (Å²) in [7, 11) is 1.64. The Morgan fingerprint density at radius 3 is 2.59 bits per heavy atom. The molecule has 1 aromatic heterocycles. The fourth-order valence-electron chi connectivity index (χ4n) is 2.34. The molecule has 2 aromatic rings. The van der Waals surface area contributed by atoms with Crippen LogP contribution in [-0.2, 0) is 12.0 Å². The molecule has 0 aliphatic carbocycles. The van der Waals surface area contributed by atoms with E-state index in [1.54, 1.807) is 18.4 Å². The smallest absolute Gasteiger partial charge is 0.196 e. The van der Waals surface area contributed by atoms with Crippen molar-refractivity contribution in [3.8, 4) is 11.5 Å². The van der Waals surface area contributed by atoms with Crippen LogP contribution in [0.4, 0.5) is 5.69 Å². The third-order valence-electron chi connectivity index (χ3n) is 3.76. The Labute approximate surface area is 166 Å². The molecule has 0 aliphatic heterocycles. The molecule has 0 spiro atoms. The first-order valence-electron chi connectivity index (χ1n) is 9.18. The summed E-state index contributed by atoms with van der Waals surface area (Å²) in [6, 6.07) is 5.74. The minimum Gasteiger partial charge on any atom is -0.493 e. The predicted octanol–water partition coefficient (Wildman–Crippen LogP) is 4.43. The summed E-state index contributed by atoms with van der Waals surface area (Å²) in [5, 5.41) is 9.69. The molecule has 0 radical (unpaired) electrons. The van der Waals surface area contributed by atoms with E-state index in [0.29, 0.717) is 24.9 Å². The number of aliphatic imine (C=N–C) groups is 1. The van der Waals surface area contributed by atoms with Crippen molar-refractivity contribution in [2.24, 2.45) is 4.99 Å². The molecule has 148 valence electrons. The summed E-state index contributed by atoms with van der Waals surface area (Å²) in [5.41, 5.74) is 2.04. The lowest BCUT2D eigenvalue weighted by molar-refractivity contribution is 0.311. The van der Waals surface area contributed by atoms with Crippen LogP contribution in [0.5, 0.6) is 11.5 Å². The van der Waals surface area contributed by atoms with Crippen LogP contribution in [0.15, 0.2) is 28.6 Å². The lowest BCUT2D eigenvalue weighted by Gasteiger charge is -2.14. The molecule has 6 nitrogen and oxygen atoms in total. The zero-order chi connectivity index (χ0) is 19.9. The second-order valence-corrected chi connectivity index (χ2v) is 7.94. The fourth-order valence-corrected chi connectivity index (χ4v) is 3.28. The van der Waals surface area contributed by atoms with Crippen molar-refractivity contribution in [1.29, 1.82) is 0 Å². The number of guanidine groups is 1. The van der Waals surface area contributed by atoms with E-state index in [9.17, 15) is 0 Å². The number of thiazole rings is 1. The monoisotopic (exact) mass is 390 g/mol. The number of ether oxygens (including phenoxy) is 2. The summed E-state index contributed by atoms with van der Waals surface area (Å²) in [6.45, 7) is 12.4. The van der Waals surface area contributed by atoms with Crippen molar-refractivity contribution < 1.29 is 9.47 Å². The van der Waals surface area contributed by atoms with Crippen LogP contribution in [0.1, 0.15) is 45.3 Å². The molecule has 7 heteroatoms. The van der Waals surface area contributed by atoms with Crippen LogP contribution < -0.4 is 20.1 Å². The van der Waals surface area contributed by atoms with Crippen molar-refractivity contribution in [3.05, 3.63) is 34.3 Å². The highest BCUT2D eigenvalue weighted by atomic mass is 32.1. The Morgan fingerprint density at radius 1 is 1.22 bits per heavy atom. The molecular weight excluding hydrogens is 360 g/mol. The Bertz CT molecular complexity index is 766. The van der Waals surface area contributed by atoms with E-state index in [1.807, 2.05) is 32.0 Å². The molecule has 1 heterocycles. The van der Waals surface area contributed by atoms with Crippen LogP contribution in [0.2, 0.25) is 0 Å². The molecule has 0 amide bonds. The van der Waals surface area contributed by atoms with Gasteiger partial charge in [0.2, 0.25) is 0 Å². The summed E-state index contributed by atoms with van der Waals surface area (Å²) in [6.07, 6.45) is 0. The molecule has 2 rings (SSSR count). The normalized spacial score (nSPS) is 12.0.